The number of hydrogen-bond acceptors (Lipinski definition) is 3. The smallest absolute Gasteiger partial charge is 0.339 e. The summed E-state index contributed by atoms with van der Waals surface area (Å²) >= 11 is 0. The van der Waals surface area contributed by atoms with E-state index < -0.39 is 5.97 Å². The molecule has 0 aliphatic heterocycles. The molecule has 0 aliphatic carbocycles. The summed E-state index contributed by atoms with van der Waals surface area (Å²) in [5.41, 5.74) is -0.107. The van der Waals surface area contributed by atoms with E-state index >= 15 is 0 Å². The molecule has 0 saturated heterocycles. The summed E-state index contributed by atoms with van der Waals surface area (Å²) in [5.74, 6) is -0.802. The van der Waals surface area contributed by atoms with Crippen molar-refractivity contribution in [3.8, 4) is 11.5 Å². The van der Waals surface area contributed by atoms with Crippen LogP contribution in [0.2, 0.25) is 0 Å². The van der Waals surface area contributed by atoms with Crippen LogP contribution >= 0.6 is 0 Å². The molecular weight excluding hydrogens is 328 g/mol. The predicted octanol–water partition coefficient (Wildman–Crippen LogP) is 6.28. The van der Waals surface area contributed by atoms with Crippen LogP contribution in [0.1, 0.15) is 68.6 Å². The third kappa shape index (κ3) is 5.80. The van der Waals surface area contributed by atoms with Gasteiger partial charge in [-0.1, -0.05) is 57.6 Å². The van der Waals surface area contributed by atoms with Gasteiger partial charge in [-0.2, -0.15) is 0 Å². The van der Waals surface area contributed by atoms with Gasteiger partial charge in [0.05, 0.1) is 6.26 Å². The molecule has 2 aromatic carbocycles. The number of allylic oxidation sites excluding steroid dienone is 1. The van der Waals surface area contributed by atoms with Crippen LogP contribution in [0.5, 0.6) is 11.5 Å². The lowest BCUT2D eigenvalue weighted by atomic mass is 10.1. The molecule has 0 saturated carbocycles. The lowest BCUT2D eigenvalue weighted by molar-refractivity contribution is 0.0694. The van der Waals surface area contributed by atoms with Gasteiger partial charge >= 0.3 is 5.97 Å². The Balaban J connectivity index is 1.87. The zero-order chi connectivity index (χ0) is 18.8. The molecule has 2 rings (SSSR count). The van der Waals surface area contributed by atoms with Crippen molar-refractivity contribution in [2.24, 2.45) is 0 Å². The lowest BCUT2D eigenvalue weighted by Crippen LogP contribution is -1.97. The maximum absolute atomic E-state index is 11.1. The third-order valence-electron chi connectivity index (χ3n) is 4.45. The van der Waals surface area contributed by atoms with Crippen LogP contribution in [0.25, 0.3) is 10.8 Å². The highest BCUT2D eigenvalue weighted by molar-refractivity contribution is 5.99. The van der Waals surface area contributed by atoms with Gasteiger partial charge in [0.2, 0.25) is 0 Å². The number of carboxylic acid groups (broad SMARTS) is 1. The van der Waals surface area contributed by atoms with Crippen molar-refractivity contribution in [3.05, 3.63) is 48.2 Å². The fourth-order valence-electron chi connectivity index (χ4n) is 2.97. The molecular formula is C22H28O4. The van der Waals surface area contributed by atoms with E-state index in [1.54, 1.807) is 18.4 Å². The van der Waals surface area contributed by atoms with E-state index in [0.29, 0.717) is 11.1 Å². The van der Waals surface area contributed by atoms with E-state index in [-0.39, 0.29) is 11.3 Å². The molecule has 0 bridgehead atoms. The van der Waals surface area contributed by atoms with Crippen LogP contribution in [0.3, 0.4) is 0 Å². The summed E-state index contributed by atoms with van der Waals surface area (Å²) in [6, 6.07) is 8.32. The molecule has 0 spiro atoms. The van der Waals surface area contributed by atoms with Gasteiger partial charge in [0.1, 0.15) is 17.1 Å². The molecule has 0 unspecified atom stereocenters. The molecule has 0 amide bonds. The summed E-state index contributed by atoms with van der Waals surface area (Å²) in [4.78, 5) is 11.1. The number of ether oxygens (including phenoxy) is 1. The van der Waals surface area contributed by atoms with Gasteiger partial charge < -0.3 is 14.9 Å². The Bertz CT molecular complexity index is 749. The van der Waals surface area contributed by atoms with Crippen LogP contribution in [0.15, 0.2) is 42.7 Å². The standard InChI is InChI=1S/C22H28O4/c1-2-3-4-5-6-7-8-9-10-14-26-21-13-11-12-17-15-19(22(24)25)20(23)16-18(17)21/h10-16,23H,2-9H2,1H3,(H,24,25)/b14-10+. The number of hydrogen-bond donors (Lipinski definition) is 2. The number of aromatic carboxylic acids is 1. The van der Waals surface area contributed by atoms with E-state index in [1.165, 1.54) is 50.7 Å². The van der Waals surface area contributed by atoms with Gasteiger partial charge in [0.15, 0.2) is 0 Å². The molecule has 0 aromatic heterocycles. The van der Waals surface area contributed by atoms with Gasteiger partial charge in [-0.05, 0) is 42.5 Å². The van der Waals surface area contributed by atoms with Crippen molar-refractivity contribution >= 4 is 16.7 Å². The number of unbranched alkanes of at least 4 members (excludes halogenated alkanes) is 7. The summed E-state index contributed by atoms with van der Waals surface area (Å²) in [7, 11) is 0. The first-order valence-corrected chi connectivity index (χ1v) is 9.44. The van der Waals surface area contributed by atoms with E-state index in [9.17, 15) is 9.90 Å². The number of rotatable bonds is 11. The van der Waals surface area contributed by atoms with Gasteiger partial charge in [-0.15, -0.1) is 0 Å². The first-order valence-electron chi connectivity index (χ1n) is 9.44. The van der Waals surface area contributed by atoms with Crippen molar-refractivity contribution in [1.82, 2.24) is 0 Å². The molecule has 0 fully saturated rings. The second-order valence-corrected chi connectivity index (χ2v) is 6.55. The molecule has 4 heteroatoms. The zero-order valence-corrected chi connectivity index (χ0v) is 15.4. The van der Waals surface area contributed by atoms with Gasteiger partial charge in [0, 0.05) is 5.39 Å². The van der Waals surface area contributed by atoms with E-state index in [0.717, 1.165) is 18.2 Å². The van der Waals surface area contributed by atoms with Gasteiger partial charge in [-0.3, -0.25) is 0 Å². The average molecular weight is 356 g/mol. The first-order chi connectivity index (χ1) is 12.6. The number of carbonyl (C=O) groups is 1. The number of phenols is 1. The Kier molecular flexibility index (Phi) is 8.00. The second-order valence-electron chi connectivity index (χ2n) is 6.55. The molecule has 4 nitrogen and oxygen atoms in total. The highest BCUT2D eigenvalue weighted by Crippen LogP contribution is 2.31. The number of benzene rings is 2. The topological polar surface area (TPSA) is 66.8 Å². The summed E-state index contributed by atoms with van der Waals surface area (Å²) < 4.78 is 5.70. The average Bonchev–Trinajstić information content (AvgIpc) is 2.62. The zero-order valence-electron chi connectivity index (χ0n) is 15.4. The fourth-order valence-corrected chi connectivity index (χ4v) is 2.97. The van der Waals surface area contributed by atoms with Crippen molar-refractivity contribution in [3.63, 3.8) is 0 Å². The Morgan fingerprint density at radius 1 is 1.08 bits per heavy atom. The normalized spacial score (nSPS) is 11.3. The largest absolute Gasteiger partial charge is 0.507 e. The van der Waals surface area contributed by atoms with Crippen LogP contribution in [-0.4, -0.2) is 16.2 Å². The van der Waals surface area contributed by atoms with Crippen LogP contribution in [-0.2, 0) is 0 Å². The highest BCUT2D eigenvalue weighted by Gasteiger charge is 2.12. The Labute approximate surface area is 155 Å². The Morgan fingerprint density at radius 3 is 2.54 bits per heavy atom. The van der Waals surface area contributed by atoms with Crippen molar-refractivity contribution in [2.75, 3.05) is 0 Å². The molecule has 140 valence electrons. The van der Waals surface area contributed by atoms with Crippen LogP contribution in [0.4, 0.5) is 0 Å². The molecule has 0 radical (unpaired) electrons. The van der Waals surface area contributed by atoms with Crippen LogP contribution < -0.4 is 4.74 Å². The summed E-state index contributed by atoms with van der Waals surface area (Å²) in [6.07, 6.45) is 13.6. The SMILES string of the molecule is CCCCCCCCC/C=C/Oc1cccc2cc(C(=O)O)c(O)cc12. The summed E-state index contributed by atoms with van der Waals surface area (Å²) in [6.45, 7) is 2.23. The van der Waals surface area contributed by atoms with Crippen molar-refractivity contribution < 1.29 is 19.7 Å². The lowest BCUT2D eigenvalue weighted by Gasteiger charge is -2.08. The van der Waals surface area contributed by atoms with E-state index in [4.69, 9.17) is 9.84 Å². The first kappa shape index (κ1) is 19.8. The minimum Gasteiger partial charge on any atom is -0.507 e. The van der Waals surface area contributed by atoms with Crippen LogP contribution in [0, 0.1) is 0 Å². The second kappa shape index (κ2) is 10.5. The number of aromatic hydroxyl groups is 1. The molecule has 0 atom stereocenters. The highest BCUT2D eigenvalue weighted by atomic mass is 16.5. The van der Waals surface area contributed by atoms with Crippen molar-refractivity contribution in [2.45, 2.75) is 58.3 Å². The van der Waals surface area contributed by atoms with E-state index in [1.807, 2.05) is 12.1 Å². The fraction of sp³-hybridized carbons (Fsp3) is 0.409. The molecule has 26 heavy (non-hydrogen) atoms. The number of carboxylic acids is 1. The van der Waals surface area contributed by atoms with Gasteiger partial charge in [0.25, 0.3) is 0 Å². The third-order valence-corrected chi connectivity index (χ3v) is 4.45. The molecule has 0 heterocycles. The minimum absolute atomic E-state index is 0.107. The monoisotopic (exact) mass is 356 g/mol. The van der Waals surface area contributed by atoms with Crippen molar-refractivity contribution in [1.29, 1.82) is 0 Å². The number of fused-ring (bicyclic) bond motifs is 1. The van der Waals surface area contributed by atoms with Gasteiger partial charge in [-0.25, -0.2) is 4.79 Å². The maximum atomic E-state index is 11.1. The summed E-state index contributed by atoms with van der Waals surface area (Å²) in [5, 5.41) is 20.4. The van der Waals surface area contributed by atoms with E-state index in [2.05, 4.69) is 6.92 Å². The minimum atomic E-state index is -1.15. The maximum Gasteiger partial charge on any atom is 0.339 e. The predicted molar refractivity (Wildman–Crippen MR) is 105 cm³/mol. The quantitative estimate of drug-likeness (QED) is 0.367. The molecule has 2 aromatic rings. The Morgan fingerprint density at radius 2 is 1.81 bits per heavy atom. The Hall–Kier alpha value is -2.49. The molecule has 0 aliphatic rings. The molecule has 2 N–H and O–H groups in total.